The molecule has 1 N–H and O–H groups in total. The van der Waals surface area contributed by atoms with Crippen LogP contribution in [0.25, 0.3) is 11.0 Å². The fourth-order valence-electron chi connectivity index (χ4n) is 3.80. The molecular formula is C22H23BrN2O4S. The first kappa shape index (κ1) is 21.1. The zero-order valence-electron chi connectivity index (χ0n) is 16.9. The molecule has 2 heterocycles. The lowest BCUT2D eigenvalue weighted by Gasteiger charge is -2.26. The number of benzene rings is 2. The second-order valence-electron chi connectivity index (χ2n) is 7.60. The fourth-order valence-corrected chi connectivity index (χ4v) is 5.91. The minimum Gasteiger partial charge on any atom is -0.451 e. The molecular weight excluding hydrogens is 468 g/mol. The lowest BCUT2D eigenvalue weighted by Crippen LogP contribution is -2.36. The van der Waals surface area contributed by atoms with Crippen LogP contribution in [0.1, 0.15) is 40.9 Å². The van der Waals surface area contributed by atoms with Crippen LogP contribution in [0.4, 0.5) is 5.69 Å². The van der Waals surface area contributed by atoms with Crippen LogP contribution in [-0.2, 0) is 10.0 Å². The number of carbonyl (C=O) groups excluding carboxylic acids is 1. The van der Waals surface area contributed by atoms with E-state index in [4.69, 9.17) is 4.42 Å². The lowest BCUT2D eigenvalue weighted by atomic mass is 10.1. The number of carbonyl (C=O) groups is 1. The van der Waals surface area contributed by atoms with Gasteiger partial charge in [0.1, 0.15) is 5.58 Å². The van der Waals surface area contributed by atoms with Crippen molar-refractivity contribution in [2.45, 2.75) is 38.0 Å². The van der Waals surface area contributed by atoms with Gasteiger partial charge in [0.15, 0.2) is 5.76 Å². The molecule has 0 unspecified atom stereocenters. The molecule has 8 heteroatoms. The minimum atomic E-state index is -3.60. The van der Waals surface area contributed by atoms with Gasteiger partial charge in [0.05, 0.1) is 4.90 Å². The molecule has 1 amide bonds. The Hall–Kier alpha value is -2.16. The third-order valence-corrected chi connectivity index (χ3v) is 8.02. The molecule has 158 valence electrons. The van der Waals surface area contributed by atoms with Crippen molar-refractivity contribution in [3.8, 4) is 0 Å². The van der Waals surface area contributed by atoms with Crippen molar-refractivity contribution in [3.63, 3.8) is 0 Å². The van der Waals surface area contributed by atoms with Crippen molar-refractivity contribution in [2.75, 3.05) is 18.4 Å². The number of nitrogens with zero attached hydrogens (tertiary/aromatic N) is 1. The van der Waals surface area contributed by atoms with Gasteiger partial charge in [0.25, 0.3) is 5.91 Å². The number of sulfonamides is 1. The van der Waals surface area contributed by atoms with Crippen molar-refractivity contribution in [1.29, 1.82) is 0 Å². The molecule has 0 saturated carbocycles. The normalized spacial score (nSPS) is 15.4. The number of aryl methyl sites for hydroxylation is 2. The van der Waals surface area contributed by atoms with Gasteiger partial charge < -0.3 is 9.73 Å². The summed E-state index contributed by atoms with van der Waals surface area (Å²) in [5, 5.41) is 3.65. The Morgan fingerprint density at radius 3 is 2.53 bits per heavy atom. The van der Waals surface area contributed by atoms with Gasteiger partial charge in [-0.3, -0.25) is 4.79 Å². The maximum Gasteiger partial charge on any atom is 0.291 e. The Labute approximate surface area is 184 Å². The third-order valence-electron chi connectivity index (χ3n) is 5.49. The minimum absolute atomic E-state index is 0.212. The Bertz CT molecular complexity index is 1230. The molecule has 0 aliphatic carbocycles. The van der Waals surface area contributed by atoms with Gasteiger partial charge in [-0.1, -0.05) is 28.4 Å². The highest BCUT2D eigenvalue weighted by Crippen LogP contribution is 2.30. The van der Waals surface area contributed by atoms with Gasteiger partial charge in [0.2, 0.25) is 10.0 Å². The number of nitrogens with one attached hydrogen (secondary N) is 1. The molecule has 1 aliphatic rings. The van der Waals surface area contributed by atoms with E-state index < -0.39 is 15.9 Å². The standard InChI is InChI=1S/C22H23BrN2O4S/c1-14-6-8-17(13-20(14)30(27,28)25-10-4-3-5-11-25)24-22(26)21-15(2)18-9-7-16(23)12-19(18)29-21/h6-9,12-13H,3-5,10-11H2,1-2H3,(H,24,26). The highest BCUT2D eigenvalue weighted by atomic mass is 79.9. The van der Waals surface area contributed by atoms with E-state index in [2.05, 4.69) is 21.2 Å². The highest BCUT2D eigenvalue weighted by Gasteiger charge is 2.28. The van der Waals surface area contributed by atoms with E-state index in [-0.39, 0.29) is 10.7 Å². The summed E-state index contributed by atoms with van der Waals surface area (Å²) in [5.74, 6) is -0.200. The molecule has 1 fully saturated rings. The van der Waals surface area contributed by atoms with Crippen molar-refractivity contribution in [3.05, 3.63) is 57.8 Å². The van der Waals surface area contributed by atoms with Crippen molar-refractivity contribution in [1.82, 2.24) is 4.31 Å². The molecule has 0 spiro atoms. The molecule has 1 aliphatic heterocycles. The van der Waals surface area contributed by atoms with Gasteiger partial charge in [-0.25, -0.2) is 8.42 Å². The second-order valence-corrected chi connectivity index (χ2v) is 10.4. The van der Waals surface area contributed by atoms with Crippen LogP contribution in [-0.4, -0.2) is 31.7 Å². The summed E-state index contributed by atoms with van der Waals surface area (Å²) in [5.41, 5.74) is 2.43. The highest BCUT2D eigenvalue weighted by molar-refractivity contribution is 9.10. The zero-order chi connectivity index (χ0) is 21.5. The summed E-state index contributed by atoms with van der Waals surface area (Å²) in [7, 11) is -3.60. The van der Waals surface area contributed by atoms with Gasteiger partial charge >= 0.3 is 0 Å². The molecule has 6 nitrogen and oxygen atoms in total. The number of furan rings is 1. The van der Waals surface area contributed by atoms with Crippen LogP contribution in [0, 0.1) is 13.8 Å². The smallest absolute Gasteiger partial charge is 0.291 e. The van der Waals surface area contributed by atoms with Crippen LogP contribution >= 0.6 is 15.9 Å². The number of amides is 1. The first-order valence-corrected chi connectivity index (χ1v) is 12.1. The molecule has 1 aromatic heterocycles. The van der Waals surface area contributed by atoms with E-state index >= 15 is 0 Å². The summed E-state index contributed by atoms with van der Waals surface area (Å²) in [4.78, 5) is 13.1. The van der Waals surface area contributed by atoms with Crippen LogP contribution in [0.15, 0.2) is 50.2 Å². The van der Waals surface area contributed by atoms with Crippen molar-refractivity contribution >= 4 is 48.5 Å². The Kier molecular flexibility index (Phi) is 5.74. The van der Waals surface area contributed by atoms with E-state index in [1.54, 1.807) is 19.1 Å². The van der Waals surface area contributed by atoms with E-state index in [1.807, 2.05) is 25.1 Å². The van der Waals surface area contributed by atoms with Crippen LogP contribution in [0.2, 0.25) is 0 Å². The van der Waals surface area contributed by atoms with Crippen LogP contribution in [0.5, 0.6) is 0 Å². The average molecular weight is 491 g/mol. The molecule has 2 aromatic carbocycles. The summed E-state index contributed by atoms with van der Waals surface area (Å²) in [6.07, 6.45) is 2.79. The number of rotatable bonds is 4. The molecule has 0 bridgehead atoms. The zero-order valence-corrected chi connectivity index (χ0v) is 19.3. The van der Waals surface area contributed by atoms with Gasteiger partial charge in [-0.05, 0) is 62.6 Å². The van der Waals surface area contributed by atoms with Gasteiger partial charge in [-0.2, -0.15) is 4.31 Å². The number of piperidine rings is 1. The summed E-state index contributed by atoms with van der Waals surface area (Å²) >= 11 is 3.40. The molecule has 0 atom stereocenters. The number of hydrogen-bond acceptors (Lipinski definition) is 4. The average Bonchev–Trinajstić information content (AvgIpc) is 3.05. The maximum absolute atomic E-state index is 13.1. The second kappa shape index (κ2) is 8.17. The predicted molar refractivity (Wildman–Crippen MR) is 120 cm³/mol. The van der Waals surface area contributed by atoms with Crippen LogP contribution < -0.4 is 5.32 Å². The molecule has 3 aromatic rings. The molecule has 4 rings (SSSR count). The Morgan fingerprint density at radius 1 is 1.07 bits per heavy atom. The van der Waals surface area contributed by atoms with Crippen molar-refractivity contribution in [2.24, 2.45) is 0 Å². The largest absolute Gasteiger partial charge is 0.451 e. The van der Waals surface area contributed by atoms with E-state index in [0.717, 1.165) is 34.7 Å². The number of fused-ring (bicyclic) bond motifs is 1. The van der Waals surface area contributed by atoms with Crippen LogP contribution in [0.3, 0.4) is 0 Å². The summed E-state index contributed by atoms with van der Waals surface area (Å²) in [6, 6.07) is 10.6. The van der Waals surface area contributed by atoms with Gasteiger partial charge in [0, 0.05) is 34.2 Å². The number of anilines is 1. The number of halogens is 1. The predicted octanol–water partition coefficient (Wildman–Crippen LogP) is 5.24. The Morgan fingerprint density at radius 2 is 1.80 bits per heavy atom. The maximum atomic E-state index is 13.1. The third kappa shape index (κ3) is 3.91. The molecule has 1 saturated heterocycles. The monoisotopic (exact) mass is 490 g/mol. The van der Waals surface area contributed by atoms with E-state index in [0.29, 0.717) is 29.9 Å². The first-order chi connectivity index (χ1) is 14.3. The summed E-state index contributed by atoms with van der Waals surface area (Å²) in [6.45, 7) is 4.66. The summed E-state index contributed by atoms with van der Waals surface area (Å²) < 4.78 is 34.4. The SMILES string of the molecule is Cc1ccc(NC(=O)c2oc3cc(Br)ccc3c2C)cc1S(=O)(=O)N1CCCCC1. The number of hydrogen-bond donors (Lipinski definition) is 1. The van der Waals surface area contributed by atoms with Gasteiger partial charge in [-0.15, -0.1) is 0 Å². The topological polar surface area (TPSA) is 79.6 Å². The Balaban J connectivity index is 1.63. The van der Waals surface area contributed by atoms with E-state index in [9.17, 15) is 13.2 Å². The quantitative estimate of drug-likeness (QED) is 0.542. The van der Waals surface area contributed by atoms with Crippen molar-refractivity contribution < 1.29 is 17.6 Å². The van der Waals surface area contributed by atoms with E-state index in [1.165, 1.54) is 10.4 Å². The fraction of sp³-hybridized carbons (Fsp3) is 0.318. The molecule has 0 radical (unpaired) electrons. The first-order valence-electron chi connectivity index (χ1n) is 9.88. The lowest BCUT2D eigenvalue weighted by molar-refractivity contribution is 0.0998. The molecule has 30 heavy (non-hydrogen) atoms.